The first-order valence-electron chi connectivity index (χ1n) is 7.87. The molecule has 0 radical (unpaired) electrons. The molecule has 26 heavy (non-hydrogen) atoms. The van der Waals surface area contributed by atoms with E-state index in [0.29, 0.717) is 22.6 Å². The molecular weight excluding hydrogens is 397 g/mol. The number of benzene rings is 2. The molecule has 6 nitrogen and oxygen atoms in total. The van der Waals surface area contributed by atoms with E-state index in [4.69, 9.17) is 9.15 Å². The molecule has 7 heteroatoms. The predicted molar refractivity (Wildman–Crippen MR) is 101 cm³/mol. The second kappa shape index (κ2) is 6.78. The third-order valence-corrected chi connectivity index (χ3v) is 5.14. The van der Waals surface area contributed by atoms with Gasteiger partial charge >= 0.3 is 145 Å². The van der Waals surface area contributed by atoms with Gasteiger partial charge in [0.25, 0.3) is 0 Å². The summed E-state index contributed by atoms with van der Waals surface area (Å²) >= 11 is 0.114. The van der Waals surface area contributed by atoms with Crippen LogP contribution in [0, 0.1) is 0 Å². The van der Waals surface area contributed by atoms with Crippen molar-refractivity contribution in [3.05, 3.63) is 53.2 Å². The Morgan fingerprint density at radius 3 is 2.73 bits per heavy atom. The second-order valence-electron chi connectivity index (χ2n) is 5.67. The molecular formula is C19H15N3O3Se. The molecule has 0 bridgehead atoms. The number of furan rings is 1. The van der Waals surface area contributed by atoms with Gasteiger partial charge in [0, 0.05) is 0 Å². The first-order valence-corrected chi connectivity index (χ1v) is 9.63. The van der Waals surface area contributed by atoms with Crippen molar-refractivity contribution in [2.24, 2.45) is 4.99 Å². The van der Waals surface area contributed by atoms with Crippen LogP contribution < -0.4 is 4.74 Å². The third kappa shape index (κ3) is 2.92. The number of aliphatic imine (C=N–C) groups is 1. The van der Waals surface area contributed by atoms with E-state index in [0.717, 1.165) is 22.3 Å². The molecule has 2 aromatic heterocycles. The van der Waals surface area contributed by atoms with Gasteiger partial charge in [-0.2, -0.15) is 0 Å². The minimum absolute atomic E-state index is 0.0703. The van der Waals surface area contributed by atoms with Gasteiger partial charge in [0.1, 0.15) is 0 Å². The van der Waals surface area contributed by atoms with Crippen molar-refractivity contribution < 1.29 is 14.3 Å². The van der Waals surface area contributed by atoms with Crippen molar-refractivity contribution in [1.29, 1.82) is 0 Å². The fraction of sp³-hybridized carbons (Fsp3) is 0.105. The molecule has 0 aliphatic carbocycles. The van der Waals surface area contributed by atoms with Gasteiger partial charge in [-0.25, -0.2) is 0 Å². The Bertz CT molecular complexity index is 1080. The van der Waals surface area contributed by atoms with Crippen molar-refractivity contribution in [3.63, 3.8) is 0 Å². The zero-order valence-electron chi connectivity index (χ0n) is 14.1. The summed E-state index contributed by atoms with van der Waals surface area (Å²) in [4.78, 5) is 6.68. The summed E-state index contributed by atoms with van der Waals surface area (Å²) in [5, 5.41) is 15.3. The first-order chi connectivity index (χ1) is 12.7. The summed E-state index contributed by atoms with van der Waals surface area (Å²) in [7, 11) is 1.57. The quantitative estimate of drug-likeness (QED) is 0.407. The van der Waals surface area contributed by atoms with Gasteiger partial charge < -0.3 is 4.42 Å². The van der Waals surface area contributed by atoms with E-state index >= 15 is 0 Å². The third-order valence-electron chi connectivity index (χ3n) is 4.08. The van der Waals surface area contributed by atoms with Crippen LogP contribution in [0.1, 0.15) is 12.5 Å². The van der Waals surface area contributed by atoms with Gasteiger partial charge in [-0.1, -0.05) is 0 Å². The molecule has 0 aliphatic heterocycles. The summed E-state index contributed by atoms with van der Waals surface area (Å²) in [6.07, 6.45) is 1.57. The summed E-state index contributed by atoms with van der Waals surface area (Å²) < 4.78 is 14.9. The van der Waals surface area contributed by atoms with Crippen LogP contribution in [0.5, 0.6) is 11.5 Å². The van der Waals surface area contributed by atoms with E-state index in [1.807, 2.05) is 42.2 Å². The van der Waals surface area contributed by atoms with Crippen LogP contribution in [0.25, 0.3) is 22.2 Å². The number of rotatable bonds is 4. The minimum atomic E-state index is 0.0703. The van der Waals surface area contributed by atoms with E-state index in [2.05, 4.69) is 14.2 Å². The van der Waals surface area contributed by atoms with Crippen molar-refractivity contribution in [2.75, 3.05) is 7.11 Å². The van der Waals surface area contributed by atoms with E-state index in [-0.39, 0.29) is 20.5 Å². The van der Waals surface area contributed by atoms with E-state index < -0.39 is 0 Å². The number of phenols is 1. The number of fused-ring (bicyclic) bond motifs is 1. The summed E-state index contributed by atoms with van der Waals surface area (Å²) in [6.45, 7) is 1.84. The molecule has 4 aromatic rings. The Morgan fingerprint density at radius 2 is 2.04 bits per heavy atom. The van der Waals surface area contributed by atoms with Gasteiger partial charge in [-0.05, 0) is 0 Å². The molecule has 0 amide bonds. The van der Waals surface area contributed by atoms with Crippen LogP contribution in [0.15, 0.2) is 57.0 Å². The molecule has 0 saturated carbocycles. The summed E-state index contributed by atoms with van der Waals surface area (Å²) in [6, 6.07) is 11.2. The molecule has 0 unspecified atom stereocenters. The number of nitrogens with zero attached hydrogens (tertiary/aromatic N) is 3. The molecule has 2 aromatic carbocycles. The number of aromatic nitrogens is 2. The molecule has 0 atom stereocenters. The average Bonchev–Trinajstić information content (AvgIpc) is 3.32. The Morgan fingerprint density at radius 1 is 1.23 bits per heavy atom. The van der Waals surface area contributed by atoms with Gasteiger partial charge in [0.15, 0.2) is 0 Å². The Balaban J connectivity index is 1.74. The number of hydrogen-bond donors (Lipinski definition) is 1. The fourth-order valence-electron chi connectivity index (χ4n) is 2.88. The number of ether oxygens (including phenoxy) is 1. The maximum atomic E-state index is 10.4. The van der Waals surface area contributed by atoms with Crippen LogP contribution in [0.4, 0.5) is 5.69 Å². The zero-order valence-corrected chi connectivity index (χ0v) is 15.8. The molecule has 130 valence electrons. The molecule has 2 heterocycles. The summed E-state index contributed by atoms with van der Waals surface area (Å²) in [5.41, 5.74) is 4.48. The van der Waals surface area contributed by atoms with Crippen molar-refractivity contribution >= 4 is 37.1 Å². The maximum absolute atomic E-state index is 10.4. The molecule has 1 N–H and O–H groups in total. The van der Waals surface area contributed by atoms with Crippen LogP contribution >= 0.6 is 0 Å². The fourth-order valence-corrected chi connectivity index (χ4v) is 3.85. The molecule has 4 rings (SSSR count). The monoisotopic (exact) mass is 413 g/mol. The van der Waals surface area contributed by atoms with Crippen LogP contribution in [0.2, 0.25) is 0 Å². The molecule has 0 saturated heterocycles. The number of hydrogen-bond acceptors (Lipinski definition) is 6. The second-order valence-corrected chi connectivity index (χ2v) is 6.95. The van der Waals surface area contributed by atoms with Crippen molar-refractivity contribution in [3.8, 4) is 22.8 Å². The SMILES string of the molecule is COc1c(C(C)=Nc2ccc(-c3c[se]nn3)cc2)c(O)cc2occc12. The van der Waals surface area contributed by atoms with Crippen LogP contribution in [0.3, 0.4) is 0 Å². The zero-order chi connectivity index (χ0) is 18.1. The topological polar surface area (TPSA) is 80.7 Å². The number of aromatic hydroxyl groups is 1. The van der Waals surface area contributed by atoms with E-state index in [9.17, 15) is 5.11 Å². The van der Waals surface area contributed by atoms with Gasteiger partial charge in [-0.15, -0.1) is 0 Å². The Kier molecular flexibility index (Phi) is 4.32. The molecule has 0 fully saturated rings. The normalized spacial score (nSPS) is 11.8. The van der Waals surface area contributed by atoms with Crippen molar-refractivity contribution in [2.45, 2.75) is 6.92 Å². The standard InChI is InChI=1S/C19H15N3O3Se/c1-11(18-16(23)9-17-14(7-8-25-17)19(18)24-2)20-13-5-3-12(4-6-13)15-10-26-22-21-15/h3-10,23H,1-2H3. The van der Waals surface area contributed by atoms with Gasteiger partial charge in [0.05, 0.1) is 6.26 Å². The van der Waals surface area contributed by atoms with E-state index in [1.165, 1.54) is 0 Å². The molecule has 0 spiro atoms. The average molecular weight is 412 g/mol. The van der Waals surface area contributed by atoms with E-state index in [1.54, 1.807) is 19.4 Å². The number of methoxy groups -OCH3 is 1. The molecule has 0 aliphatic rings. The van der Waals surface area contributed by atoms with Crippen LogP contribution in [-0.4, -0.2) is 41.9 Å². The Labute approximate surface area is 155 Å². The van der Waals surface area contributed by atoms with Gasteiger partial charge in [-0.3, -0.25) is 0 Å². The van der Waals surface area contributed by atoms with Crippen molar-refractivity contribution in [1.82, 2.24) is 9.19 Å². The Hall–Kier alpha value is -2.89. The first kappa shape index (κ1) is 16.6. The summed E-state index contributed by atoms with van der Waals surface area (Å²) in [5.74, 6) is 0.617. The predicted octanol–water partition coefficient (Wildman–Crippen LogP) is 3.80. The van der Waals surface area contributed by atoms with Gasteiger partial charge in [0.2, 0.25) is 0 Å². The number of phenolic OH excluding ortho intramolecular Hbond substituents is 1. The van der Waals surface area contributed by atoms with Crippen LogP contribution in [-0.2, 0) is 0 Å².